The maximum Gasteiger partial charge on any atom is 0.124 e. The van der Waals surface area contributed by atoms with Crippen LogP contribution < -0.4 is 0 Å². The van der Waals surface area contributed by atoms with Gasteiger partial charge in [-0.1, -0.05) is 0 Å². The zero-order valence-electron chi connectivity index (χ0n) is 5.45. The van der Waals surface area contributed by atoms with Crippen molar-refractivity contribution in [1.82, 2.24) is 9.97 Å². The van der Waals surface area contributed by atoms with Crippen LogP contribution in [0.2, 0.25) is 0 Å². The second-order valence-corrected chi connectivity index (χ2v) is 2.76. The highest BCUT2D eigenvalue weighted by Crippen LogP contribution is 2.10. The Bertz CT molecular complexity index is 227. The van der Waals surface area contributed by atoms with E-state index >= 15 is 0 Å². The van der Waals surface area contributed by atoms with Gasteiger partial charge in [0.25, 0.3) is 0 Å². The molecule has 1 aromatic heterocycles. The van der Waals surface area contributed by atoms with Crippen molar-refractivity contribution < 1.29 is 5.11 Å². The average Bonchev–Trinajstić information content (AvgIpc) is 1.88. The number of rotatable bonds is 1. The van der Waals surface area contributed by atoms with Gasteiger partial charge in [0.15, 0.2) is 0 Å². The maximum atomic E-state index is 9.02. The molecule has 1 rings (SSSR count). The molecule has 0 aliphatic carbocycles. The fourth-order valence-corrected chi connectivity index (χ4v) is 0.880. The summed E-state index contributed by atoms with van der Waals surface area (Å²) in [7, 11) is 0. The van der Waals surface area contributed by atoms with E-state index in [-0.39, 0.29) is 0 Å². The molecule has 54 valence electrons. The van der Waals surface area contributed by atoms with Crippen molar-refractivity contribution in [2.24, 2.45) is 0 Å². The molecule has 0 amide bonds. The van der Waals surface area contributed by atoms with Crippen LogP contribution in [0.25, 0.3) is 0 Å². The van der Waals surface area contributed by atoms with Crippen LogP contribution in [0.4, 0.5) is 0 Å². The Hall–Kier alpha value is -0.480. The minimum absolute atomic E-state index is 0.551. The predicted molar refractivity (Wildman–Crippen MR) is 40.4 cm³/mol. The Kier molecular flexibility index (Phi) is 2.34. The van der Waals surface area contributed by atoms with Gasteiger partial charge in [-0.05, 0) is 22.9 Å². The van der Waals surface area contributed by atoms with Gasteiger partial charge in [-0.25, -0.2) is 4.98 Å². The van der Waals surface area contributed by atoms with Crippen LogP contribution in [-0.4, -0.2) is 15.1 Å². The molecule has 10 heavy (non-hydrogen) atoms. The third-order valence-corrected chi connectivity index (χ3v) is 1.43. The Morgan fingerprint density at radius 2 is 2.30 bits per heavy atom. The SMILES string of the molecule is CC(O)c1cncc(Br)n1. The van der Waals surface area contributed by atoms with E-state index in [2.05, 4.69) is 25.9 Å². The van der Waals surface area contributed by atoms with Gasteiger partial charge in [-0.15, -0.1) is 0 Å². The van der Waals surface area contributed by atoms with Crippen molar-refractivity contribution in [3.63, 3.8) is 0 Å². The number of aromatic nitrogens is 2. The molecular formula is C6H7BrN2O. The number of aliphatic hydroxyl groups is 1. The first kappa shape index (κ1) is 7.63. The van der Waals surface area contributed by atoms with E-state index in [1.807, 2.05) is 0 Å². The molecule has 0 aliphatic heterocycles. The lowest BCUT2D eigenvalue weighted by Gasteiger charge is -2.00. The normalized spacial score (nSPS) is 13.1. The first-order chi connectivity index (χ1) is 4.70. The summed E-state index contributed by atoms with van der Waals surface area (Å²) >= 11 is 3.15. The standard InChI is InChI=1S/C6H7BrN2O/c1-4(10)5-2-8-3-6(7)9-5/h2-4,10H,1H3. The molecule has 0 saturated heterocycles. The van der Waals surface area contributed by atoms with Gasteiger partial charge in [-0.3, -0.25) is 4.98 Å². The highest BCUT2D eigenvalue weighted by atomic mass is 79.9. The summed E-state index contributed by atoms with van der Waals surface area (Å²) in [5, 5.41) is 9.02. The molecule has 0 saturated carbocycles. The Morgan fingerprint density at radius 1 is 1.60 bits per heavy atom. The molecule has 1 N–H and O–H groups in total. The van der Waals surface area contributed by atoms with Crippen LogP contribution in [0.3, 0.4) is 0 Å². The summed E-state index contributed by atoms with van der Waals surface area (Å²) in [6, 6.07) is 0. The number of nitrogens with zero attached hydrogens (tertiary/aromatic N) is 2. The molecular weight excluding hydrogens is 196 g/mol. The zero-order valence-corrected chi connectivity index (χ0v) is 7.04. The fraction of sp³-hybridized carbons (Fsp3) is 0.333. The second-order valence-electron chi connectivity index (χ2n) is 1.94. The monoisotopic (exact) mass is 202 g/mol. The van der Waals surface area contributed by atoms with Crippen molar-refractivity contribution in [2.75, 3.05) is 0 Å². The summed E-state index contributed by atoms with van der Waals surface area (Å²) in [6.45, 7) is 1.65. The lowest BCUT2D eigenvalue weighted by atomic mass is 10.3. The van der Waals surface area contributed by atoms with Crippen LogP contribution in [0, 0.1) is 0 Å². The first-order valence-corrected chi connectivity index (χ1v) is 3.65. The van der Waals surface area contributed by atoms with Gasteiger partial charge < -0.3 is 5.11 Å². The van der Waals surface area contributed by atoms with Crippen LogP contribution >= 0.6 is 15.9 Å². The summed E-state index contributed by atoms with van der Waals surface area (Å²) in [5.74, 6) is 0. The van der Waals surface area contributed by atoms with Crippen molar-refractivity contribution >= 4 is 15.9 Å². The minimum Gasteiger partial charge on any atom is -0.387 e. The summed E-state index contributed by atoms with van der Waals surface area (Å²) < 4.78 is 0.644. The molecule has 0 spiro atoms. The fourth-order valence-electron chi connectivity index (χ4n) is 0.557. The Labute approximate surface area is 67.3 Å². The molecule has 0 bridgehead atoms. The quantitative estimate of drug-likeness (QED) is 0.747. The number of halogens is 1. The molecule has 1 atom stereocenters. The largest absolute Gasteiger partial charge is 0.387 e. The van der Waals surface area contributed by atoms with Crippen molar-refractivity contribution in [3.8, 4) is 0 Å². The van der Waals surface area contributed by atoms with E-state index in [9.17, 15) is 0 Å². The molecule has 3 nitrogen and oxygen atoms in total. The summed E-state index contributed by atoms with van der Waals surface area (Å²) in [4.78, 5) is 7.81. The van der Waals surface area contributed by atoms with Crippen LogP contribution in [0.15, 0.2) is 17.0 Å². The molecule has 0 aliphatic rings. The smallest absolute Gasteiger partial charge is 0.124 e. The van der Waals surface area contributed by atoms with E-state index in [0.717, 1.165) is 0 Å². The van der Waals surface area contributed by atoms with Gasteiger partial charge in [0.2, 0.25) is 0 Å². The lowest BCUT2D eigenvalue weighted by molar-refractivity contribution is 0.193. The van der Waals surface area contributed by atoms with Crippen molar-refractivity contribution in [3.05, 3.63) is 22.7 Å². The van der Waals surface area contributed by atoms with Gasteiger partial charge in [0, 0.05) is 0 Å². The zero-order chi connectivity index (χ0) is 7.56. The van der Waals surface area contributed by atoms with Crippen molar-refractivity contribution in [2.45, 2.75) is 13.0 Å². The number of hydrogen-bond donors (Lipinski definition) is 1. The first-order valence-electron chi connectivity index (χ1n) is 2.85. The van der Waals surface area contributed by atoms with Gasteiger partial charge in [0.1, 0.15) is 4.60 Å². The van der Waals surface area contributed by atoms with E-state index < -0.39 is 6.10 Å². The molecule has 0 radical (unpaired) electrons. The van der Waals surface area contributed by atoms with E-state index in [4.69, 9.17) is 5.11 Å². The van der Waals surface area contributed by atoms with Gasteiger partial charge in [-0.2, -0.15) is 0 Å². The van der Waals surface area contributed by atoms with Gasteiger partial charge in [0.05, 0.1) is 24.2 Å². The maximum absolute atomic E-state index is 9.02. The molecule has 1 heterocycles. The highest BCUT2D eigenvalue weighted by Gasteiger charge is 2.01. The van der Waals surface area contributed by atoms with Crippen LogP contribution in [0.5, 0.6) is 0 Å². The topological polar surface area (TPSA) is 46.0 Å². The number of hydrogen-bond acceptors (Lipinski definition) is 3. The molecule has 1 unspecified atom stereocenters. The molecule has 0 fully saturated rings. The molecule has 0 aromatic carbocycles. The van der Waals surface area contributed by atoms with Crippen LogP contribution in [-0.2, 0) is 0 Å². The van der Waals surface area contributed by atoms with E-state index in [1.165, 1.54) is 6.20 Å². The Balaban J connectivity index is 2.96. The summed E-state index contributed by atoms with van der Waals surface area (Å²) in [5.41, 5.74) is 0.578. The predicted octanol–water partition coefficient (Wildman–Crippen LogP) is 1.29. The molecule has 4 heteroatoms. The van der Waals surface area contributed by atoms with Crippen LogP contribution in [0.1, 0.15) is 18.7 Å². The minimum atomic E-state index is -0.551. The van der Waals surface area contributed by atoms with Crippen molar-refractivity contribution in [1.29, 1.82) is 0 Å². The lowest BCUT2D eigenvalue weighted by Crippen LogP contribution is -1.95. The highest BCUT2D eigenvalue weighted by molar-refractivity contribution is 9.10. The summed E-state index contributed by atoms with van der Waals surface area (Å²) in [6.07, 6.45) is 2.56. The average molecular weight is 203 g/mol. The van der Waals surface area contributed by atoms with E-state index in [0.29, 0.717) is 10.3 Å². The third kappa shape index (κ3) is 1.75. The van der Waals surface area contributed by atoms with Gasteiger partial charge >= 0.3 is 0 Å². The second kappa shape index (κ2) is 3.07. The van der Waals surface area contributed by atoms with E-state index in [1.54, 1.807) is 13.1 Å². The molecule has 1 aromatic rings. The number of aliphatic hydroxyl groups excluding tert-OH is 1. The Morgan fingerprint density at radius 3 is 2.70 bits per heavy atom. The third-order valence-electron chi connectivity index (χ3n) is 1.05.